The zero-order valence-electron chi connectivity index (χ0n) is 11.9. The van der Waals surface area contributed by atoms with Gasteiger partial charge in [0.25, 0.3) is 0 Å². The van der Waals surface area contributed by atoms with Gasteiger partial charge in [-0.1, -0.05) is 0 Å². The molecule has 0 radical (unpaired) electrons. The van der Waals surface area contributed by atoms with Crippen LogP contribution in [0, 0.1) is 0 Å². The van der Waals surface area contributed by atoms with Gasteiger partial charge < -0.3 is 14.9 Å². The number of nitrogens with zero attached hydrogens (tertiary/aromatic N) is 3. The molecule has 0 aromatic carbocycles. The van der Waals surface area contributed by atoms with Gasteiger partial charge in [-0.3, -0.25) is 9.69 Å². The third-order valence-electron chi connectivity index (χ3n) is 3.90. The van der Waals surface area contributed by atoms with Gasteiger partial charge in [-0.2, -0.15) is 0 Å². The van der Waals surface area contributed by atoms with Crippen LogP contribution in [0.4, 0.5) is 4.79 Å². The summed E-state index contributed by atoms with van der Waals surface area (Å²) < 4.78 is 22.7. The number of carbonyl (C=O) groups excluding carboxylic acids is 1. The summed E-state index contributed by atoms with van der Waals surface area (Å²) in [6.45, 7) is 3.46. The van der Waals surface area contributed by atoms with Crippen molar-refractivity contribution in [1.29, 1.82) is 0 Å². The Balaban J connectivity index is 1.77. The molecule has 0 spiro atoms. The minimum absolute atomic E-state index is 0.0390. The van der Waals surface area contributed by atoms with E-state index in [9.17, 15) is 18.0 Å². The summed E-state index contributed by atoms with van der Waals surface area (Å²) in [6.07, 6.45) is 0.109. The summed E-state index contributed by atoms with van der Waals surface area (Å²) in [5.74, 6) is -0.739. The molecule has 2 amide bonds. The van der Waals surface area contributed by atoms with Gasteiger partial charge in [0.05, 0.1) is 17.9 Å². The summed E-state index contributed by atoms with van der Waals surface area (Å²) in [5.41, 5.74) is 0. The van der Waals surface area contributed by atoms with Crippen LogP contribution in [-0.4, -0.2) is 97.5 Å². The molecular weight excluding hydrogens is 298 g/mol. The molecule has 21 heavy (non-hydrogen) atoms. The quantitative estimate of drug-likeness (QED) is 0.711. The van der Waals surface area contributed by atoms with E-state index in [1.807, 2.05) is 4.90 Å². The van der Waals surface area contributed by atoms with Crippen LogP contribution < -0.4 is 0 Å². The smallest absolute Gasteiger partial charge is 0.320 e. The fraction of sp³-hybridized carbons (Fsp3) is 0.833. The van der Waals surface area contributed by atoms with Crippen LogP contribution in [0.15, 0.2) is 0 Å². The lowest BCUT2D eigenvalue weighted by Gasteiger charge is -2.38. The second-order valence-electron chi connectivity index (χ2n) is 5.39. The highest BCUT2D eigenvalue weighted by atomic mass is 32.2. The number of amides is 2. The third kappa shape index (κ3) is 4.57. The zero-order chi connectivity index (χ0) is 15.5. The first kappa shape index (κ1) is 16.0. The van der Waals surface area contributed by atoms with Crippen molar-refractivity contribution in [1.82, 2.24) is 14.7 Å². The van der Waals surface area contributed by atoms with Crippen molar-refractivity contribution < 1.29 is 23.1 Å². The number of carboxylic acids is 1. The second-order valence-corrected chi connectivity index (χ2v) is 7.70. The predicted molar refractivity (Wildman–Crippen MR) is 75.9 cm³/mol. The standard InChI is InChI=1S/C12H21N3O5S/c16-11(17)1-2-13-3-5-14(6-4-13)12(18)15-7-9-21(19,20)10-8-15/h1-10H2,(H,16,17). The molecule has 0 bridgehead atoms. The van der Waals surface area contributed by atoms with Crippen molar-refractivity contribution in [3.8, 4) is 0 Å². The molecule has 0 atom stereocenters. The molecule has 0 aromatic heterocycles. The molecule has 0 aromatic rings. The fourth-order valence-electron chi connectivity index (χ4n) is 2.52. The third-order valence-corrected chi connectivity index (χ3v) is 5.51. The Labute approximate surface area is 124 Å². The number of hydrogen-bond donors (Lipinski definition) is 1. The van der Waals surface area contributed by atoms with Gasteiger partial charge in [0.2, 0.25) is 0 Å². The molecule has 0 aliphatic carbocycles. The van der Waals surface area contributed by atoms with E-state index in [1.54, 1.807) is 9.80 Å². The van der Waals surface area contributed by atoms with Crippen LogP contribution in [0.25, 0.3) is 0 Å². The van der Waals surface area contributed by atoms with E-state index >= 15 is 0 Å². The fourth-order valence-corrected chi connectivity index (χ4v) is 3.72. The van der Waals surface area contributed by atoms with Gasteiger partial charge in [0.1, 0.15) is 0 Å². The molecule has 120 valence electrons. The van der Waals surface area contributed by atoms with Crippen LogP contribution in [0.2, 0.25) is 0 Å². The molecule has 8 nitrogen and oxygen atoms in total. The number of hydrogen-bond acceptors (Lipinski definition) is 5. The summed E-state index contributed by atoms with van der Waals surface area (Å²) in [4.78, 5) is 28.1. The molecule has 0 unspecified atom stereocenters. The van der Waals surface area contributed by atoms with E-state index < -0.39 is 15.8 Å². The Morgan fingerprint density at radius 3 is 1.95 bits per heavy atom. The van der Waals surface area contributed by atoms with Crippen molar-refractivity contribution in [3.05, 3.63) is 0 Å². The lowest BCUT2D eigenvalue weighted by Crippen LogP contribution is -2.55. The highest BCUT2D eigenvalue weighted by molar-refractivity contribution is 7.91. The Kier molecular flexibility index (Phi) is 5.04. The number of rotatable bonds is 3. The van der Waals surface area contributed by atoms with Crippen LogP contribution >= 0.6 is 0 Å². The van der Waals surface area contributed by atoms with Crippen LogP contribution in [0.5, 0.6) is 0 Å². The van der Waals surface area contributed by atoms with Crippen LogP contribution in [-0.2, 0) is 14.6 Å². The lowest BCUT2D eigenvalue weighted by molar-refractivity contribution is -0.137. The van der Waals surface area contributed by atoms with Crippen molar-refractivity contribution in [2.45, 2.75) is 6.42 Å². The van der Waals surface area contributed by atoms with E-state index in [0.717, 1.165) is 0 Å². The number of urea groups is 1. The number of carboxylic acid groups (broad SMARTS) is 1. The normalized spacial score (nSPS) is 23.0. The first-order valence-electron chi connectivity index (χ1n) is 7.06. The van der Waals surface area contributed by atoms with Crippen molar-refractivity contribution in [2.24, 2.45) is 0 Å². The summed E-state index contributed by atoms with van der Waals surface area (Å²) in [5, 5.41) is 8.65. The predicted octanol–water partition coefficient (Wildman–Crippen LogP) is -1.07. The molecule has 2 heterocycles. The van der Waals surface area contributed by atoms with Gasteiger partial charge >= 0.3 is 12.0 Å². The Bertz CT molecular complexity index is 485. The first-order valence-corrected chi connectivity index (χ1v) is 8.88. The molecule has 0 saturated carbocycles. The molecule has 2 aliphatic heterocycles. The Hall–Kier alpha value is -1.35. The topological polar surface area (TPSA) is 98.2 Å². The van der Waals surface area contributed by atoms with Gasteiger partial charge in [-0.05, 0) is 0 Å². The molecule has 2 rings (SSSR count). The van der Waals surface area contributed by atoms with Crippen LogP contribution in [0.1, 0.15) is 6.42 Å². The Morgan fingerprint density at radius 2 is 1.43 bits per heavy atom. The number of sulfone groups is 1. The minimum Gasteiger partial charge on any atom is -0.481 e. The van der Waals surface area contributed by atoms with Crippen molar-refractivity contribution in [2.75, 3.05) is 57.3 Å². The van der Waals surface area contributed by atoms with E-state index in [1.165, 1.54) is 0 Å². The van der Waals surface area contributed by atoms with Crippen molar-refractivity contribution >= 4 is 21.8 Å². The van der Waals surface area contributed by atoms with Crippen LogP contribution in [0.3, 0.4) is 0 Å². The maximum Gasteiger partial charge on any atom is 0.320 e. The largest absolute Gasteiger partial charge is 0.481 e. The van der Waals surface area contributed by atoms with E-state index in [0.29, 0.717) is 32.7 Å². The van der Waals surface area contributed by atoms with Gasteiger partial charge in [0, 0.05) is 45.8 Å². The highest BCUT2D eigenvalue weighted by Crippen LogP contribution is 2.10. The average Bonchev–Trinajstić information content (AvgIpc) is 2.45. The number of carbonyl (C=O) groups is 2. The minimum atomic E-state index is -2.98. The first-order chi connectivity index (χ1) is 9.87. The molecule has 2 fully saturated rings. The molecular formula is C12H21N3O5S. The SMILES string of the molecule is O=C(O)CCN1CCN(C(=O)N2CCS(=O)(=O)CC2)CC1. The van der Waals surface area contributed by atoms with Gasteiger partial charge in [-0.25, -0.2) is 13.2 Å². The number of piperazine rings is 1. The maximum atomic E-state index is 12.3. The van der Waals surface area contributed by atoms with E-state index in [-0.39, 0.29) is 37.0 Å². The van der Waals surface area contributed by atoms with E-state index in [2.05, 4.69) is 0 Å². The lowest BCUT2D eigenvalue weighted by atomic mass is 10.3. The molecule has 1 N–H and O–H groups in total. The van der Waals surface area contributed by atoms with Gasteiger partial charge in [-0.15, -0.1) is 0 Å². The van der Waals surface area contributed by atoms with Gasteiger partial charge in [0.15, 0.2) is 9.84 Å². The highest BCUT2D eigenvalue weighted by Gasteiger charge is 2.29. The molecule has 2 saturated heterocycles. The summed E-state index contributed by atoms with van der Waals surface area (Å²) in [6, 6.07) is -0.109. The van der Waals surface area contributed by atoms with Crippen molar-refractivity contribution in [3.63, 3.8) is 0 Å². The van der Waals surface area contributed by atoms with E-state index in [4.69, 9.17) is 5.11 Å². The molecule has 9 heteroatoms. The zero-order valence-corrected chi connectivity index (χ0v) is 12.7. The monoisotopic (exact) mass is 319 g/mol. The summed E-state index contributed by atoms with van der Waals surface area (Å²) in [7, 11) is -2.98. The maximum absolute atomic E-state index is 12.3. The average molecular weight is 319 g/mol. The Morgan fingerprint density at radius 1 is 0.905 bits per heavy atom. The molecule has 2 aliphatic rings. The summed E-state index contributed by atoms with van der Waals surface area (Å²) >= 11 is 0. The number of aliphatic carboxylic acids is 1. The second kappa shape index (κ2) is 6.61.